The third-order valence-corrected chi connectivity index (χ3v) is 3.65. The van der Waals surface area contributed by atoms with Crippen molar-refractivity contribution in [3.8, 4) is 0 Å². The Morgan fingerprint density at radius 1 is 1.55 bits per heavy atom. The summed E-state index contributed by atoms with van der Waals surface area (Å²) < 4.78 is 0. The van der Waals surface area contributed by atoms with Crippen LogP contribution in [-0.2, 0) is 0 Å². The predicted molar refractivity (Wildman–Crippen MR) is 53.3 cm³/mol. The molecule has 2 heteroatoms. The second-order valence-electron chi connectivity index (χ2n) is 3.35. The van der Waals surface area contributed by atoms with Crippen molar-refractivity contribution < 1.29 is 0 Å². The van der Waals surface area contributed by atoms with Crippen molar-refractivity contribution in [1.29, 1.82) is 0 Å². The van der Waals surface area contributed by atoms with Crippen LogP contribution in [0.5, 0.6) is 0 Å². The van der Waals surface area contributed by atoms with Gasteiger partial charge >= 0.3 is 0 Å². The molecule has 1 unspecified atom stereocenters. The van der Waals surface area contributed by atoms with Crippen LogP contribution in [0.4, 0.5) is 0 Å². The molecule has 1 nitrogen and oxygen atoms in total. The van der Waals surface area contributed by atoms with E-state index in [1.807, 2.05) is 0 Å². The minimum atomic E-state index is 0.881. The molecule has 0 aromatic rings. The van der Waals surface area contributed by atoms with E-state index in [1.54, 1.807) is 0 Å². The van der Waals surface area contributed by atoms with Crippen LogP contribution in [0.2, 0.25) is 0 Å². The number of likely N-dealkylation sites (tertiary alicyclic amines) is 1. The zero-order valence-corrected chi connectivity index (χ0v) is 8.49. The van der Waals surface area contributed by atoms with Gasteiger partial charge in [0.05, 0.1) is 0 Å². The third kappa shape index (κ3) is 3.04. The summed E-state index contributed by atoms with van der Waals surface area (Å²) in [6.07, 6.45) is 4.15. The molecule has 66 valence electrons. The molecule has 1 atom stereocenters. The first-order valence-electron chi connectivity index (χ1n) is 4.62. The second-order valence-corrected chi connectivity index (χ2v) is 4.50. The van der Waals surface area contributed by atoms with E-state index in [0.717, 1.165) is 6.04 Å². The van der Waals surface area contributed by atoms with Gasteiger partial charge in [0.2, 0.25) is 0 Å². The smallest absolute Gasteiger partial charge is 0.0183 e. The van der Waals surface area contributed by atoms with Crippen molar-refractivity contribution in [1.82, 2.24) is 4.90 Å². The Kier molecular flexibility index (Phi) is 4.31. The van der Waals surface area contributed by atoms with Crippen LogP contribution in [0, 0.1) is 0 Å². The molecule has 0 saturated carbocycles. The molecular weight excluding hydrogens is 154 g/mol. The van der Waals surface area contributed by atoms with E-state index in [9.17, 15) is 0 Å². The Morgan fingerprint density at radius 3 is 2.91 bits per heavy atom. The second kappa shape index (κ2) is 5.04. The van der Waals surface area contributed by atoms with Crippen LogP contribution in [0.25, 0.3) is 0 Å². The van der Waals surface area contributed by atoms with Gasteiger partial charge in [0.15, 0.2) is 0 Å². The molecule has 0 aliphatic carbocycles. The zero-order chi connectivity index (χ0) is 8.10. The Morgan fingerprint density at radius 2 is 2.36 bits per heavy atom. The minimum absolute atomic E-state index is 0.881. The van der Waals surface area contributed by atoms with Gasteiger partial charge in [-0.25, -0.2) is 0 Å². The minimum Gasteiger partial charge on any atom is -0.303 e. The summed E-state index contributed by atoms with van der Waals surface area (Å²) in [5.74, 6) is 2.69. The molecule has 1 aliphatic rings. The molecule has 0 amide bonds. The van der Waals surface area contributed by atoms with E-state index >= 15 is 0 Å². The average molecular weight is 173 g/mol. The summed E-state index contributed by atoms with van der Waals surface area (Å²) in [7, 11) is 2.25. The van der Waals surface area contributed by atoms with Crippen LogP contribution in [-0.4, -0.2) is 36.0 Å². The predicted octanol–water partition coefficient (Wildman–Crippen LogP) is 2.22. The maximum absolute atomic E-state index is 2.50. The number of nitrogens with zero attached hydrogens (tertiary/aromatic N) is 1. The SMILES string of the molecule is CCCSCC1CCCN1C. The Hall–Kier alpha value is 0.310. The van der Waals surface area contributed by atoms with E-state index in [0.29, 0.717) is 0 Å². The van der Waals surface area contributed by atoms with E-state index in [4.69, 9.17) is 0 Å². The lowest BCUT2D eigenvalue weighted by Gasteiger charge is -2.18. The van der Waals surface area contributed by atoms with E-state index in [1.165, 1.54) is 37.3 Å². The van der Waals surface area contributed by atoms with Gasteiger partial charge in [-0.05, 0) is 38.6 Å². The zero-order valence-electron chi connectivity index (χ0n) is 7.68. The average Bonchev–Trinajstić information content (AvgIpc) is 2.37. The van der Waals surface area contributed by atoms with Gasteiger partial charge in [0.1, 0.15) is 0 Å². The quantitative estimate of drug-likeness (QED) is 0.600. The summed E-state index contributed by atoms with van der Waals surface area (Å²) in [5.41, 5.74) is 0. The van der Waals surface area contributed by atoms with Crippen LogP contribution in [0.3, 0.4) is 0 Å². The van der Waals surface area contributed by atoms with Crippen LogP contribution >= 0.6 is 11.8 Å². The van der Waals surface area contributed by atoms with Crippen LogP contribution < -0.4 is 0 Å². The van der Waals surface area contributed by atoms with Gasteiger partial charge < -0.3 is 4.90 Å². The summed E-state index contributed by atoms with van der Waals surface area (Å²) >= 11 is 2.11. The Balaban J connectivity index is 2.05. The highest BCUT2D eigenvalue weighted by Gasteiger charge is 2.19. The van der Waals surface area contributed by atoms with Gasteiger partial charge in [-0.2, -0.15) is 11.8 Å². The summed E-state index contributed by atoms with van der Waals surface area (Å²) in [5, 5.41) is 0. The molecular formula is C9H19NS. The van der Waals surface area contributed by atoms with Crippen molar-refractivity contribution in [3.05, 3.63) is 0 Å². The maximum atomic E-state index is 2.50. The molecule has 0 N–H and O–H groups in total. The first-order chi connectivity index (χ1) is 5.34. The Bertz CT molecular complexity index is 106. The molecule has 11 heavy (non-hydrogen) atoms. The molecule has 1 heterocycles. The maximum Gasteiger partial charge on any atom is 0.0183 e. The van der Waals surface area contributed by atoms with Crippen LogP contribution in [0.15, 0.2) is 0 Å². The number of thioether (sulfide) groups is 1. The fourth-order valence-electron chi connectivity index (χ4n) is 1.55. The van der Waals surface area contributed by atoms with E-state index < -0.39 is 0 Å². The summed E-state index contributed by atoms with van der Waals surface area (Å²) in [4.78, 5) is 2.50. The number of hydrogen-bond acceptors (Lipinski definition) is 2. The highest BCUT2D eigenvalue weighted by Crippen LogP contribution is 2.19. The number of rotatable bonds is 4. The monoisotopic (exact) mass is 173 g/mol. The van der Waals surface area contributed by atoms with Crippen molar-refractivity contribution >= 4 is 11.8 Å². The fraction of sp³-hybridized carbons (Fsp3) is 1.00. The molecule has 0 aromatic heterocycles. The molecule has 1 saturated heterocycles. The van der Waals surface area contributed by atoms with Crippen molar-refractivity contribution in [2.45, 2.75) is 32.2 Å². The lowest BCUT2D eigenvalue weighted by atomic mass is 10.2. The summed E-state index contributed by atoms with van der Waals surface area (Å²) in [6, 6.07) is 0.881. The van der Waals surface area contributed by atoms with Crippen LogP contribution in [0.1, 0.15) is 26.2 Å². The van der Waals surface area contributed by atoms with Crippen molar-refractivity contribution in [2.24, 2.45) is 0 Å². The molecule has 0 aromatic carbocycles. The first-order valence-corrected chi connectivity index (χ1v) is 5.78. The first kappa shape index (κ1) is 9.40. The van der Waals surface area contributed by atoms with Crippen molar-refractivity contribution in [2.75, 3.05) is 25.1 Å². The highest BCUT2D eigenvalue weighted by molar-refractivity contribution is 7.99. The van der Waals surface area contributed by atoms with E-state index in [-0.39, 0.29) is 0 Å². The van der Waals surface area contributed by atoms with Gasteiger partial charge in [-0.15, -0.1) is 0 Å². The molecule has 0 bridgehead atoms. The standard InChI is InChI=1S/C9H19NS/c1-3-7-11-8-9-5-4-6-10(9)2/h9H,3-8H2,1-2H3. The highest BCUT2D eigenvalue weighted by atomic mass is 32.2. The largest absolute Gasteiger partial charge is 0.303 e. The molecule has 0 spiro atoms. The lowest BCUT2D eigenvalue weighted by Crippen LogP contribution is -2.26. The molecule has 1 rings (SSSR count). The normalized spacial score (nSPS) is 26.2. The topological polar surface area (TPSA) is 3.24 Å². The molecule has 0 radical (unpaired) electrons. The molecule has 1 aliphatic heterocycles. The van der Waals surface area contributed by atoms with Gasteiger partial charge in [-0.1, -0.05) is 6.92 Å². The lowest BCUT2D eigenvalue weighted by molar-refractivity contribution is 0.335. The number of hydrogen-bond donors (Lipinski definition) is 0. The van der Waals surface area contributed by atoms with Gasteiger partial charge in [0, 0.05) is 11.8 Å². The fourth-order valence-corrected chi connectivity index (χ4v) is 2.70. The van der Waals surface area contributed by atoms with Crippen molar-refractivity contribution in [3.63, 3.8) is 0 Å². The van der Waals surface area contributed by atoms with E-state index in [2.05, 4.69) is 30.6 Å². The Labute approximate surface area is 74.5 Å². The molecule has 1 fully saturated rings. The van der Waals surface area contributed by atoms with Gasteiger partial charge in [0.25, 0.3) is 0 Å². The summed E-state index contributed by atoms with van der Waals surface area (Å²) in [6.45, 7) is 3.57. The third-order valence-electron chi connectivity index (χ3n) is 2.33. The van der Waals surface area contributed by atoms with Gasteiger partial charge in [-0.3, -0.25) is 0 Å².